The summed E-state index contributed by atoms with van der Waals surface area (Å²) in [6.45, 7) is 7.02. The molecule has 3 rings (SSSR count). The van der Waals surface area contributed by atoms with Crippen LogP contribution < -0.4 is 15.5 Å². The SMILES string of the molecule is CCc1nn(C)c(CC)c1CNC(=NC)NC1CCN(c2cccc(Cl)c2)C1. The third kappa shape index (κ3) is 4.61. The third-order valence-electron chi connectivity index (χ3n) is 5.39. The molecule has 152 valence electrons. The highest BCUT2D eigenvalue weighted by molar-refractivity contribution is 6.30. The van der Waals surface area contributed by atoms with Crippen molar-refractivity contribution in [2.45, 2.75) is 45.7 Å². The van der Waals surface area contributed by atoms with E-state index in [-0.39, 0.29) is 0 Å². The van der Waals surface area contributed by atoms with E-state index in [1.54, 1.807) is 0 Å². The molecule has 0 aliphatic carbocycles. The summed E-state index contributed by atoms with van der Waals surface area (Å²) in [7, 11) is 3.85. The van der Waals surface area contributed by atoms with Crippen molar-refractivity contribution in [2.24, 2.45) is 12.0 Å². The van der Waals surface area contributed by atoms with Crippen LogP contribution >= 0.6 is 11.6 Å². The van der Waals surface area contributed by atoms with Crippen molar-refractivity contribution < 1.29 is 0 Å². The zero-order chi connectivity index (χ0) is 20.1. The maximum atomic E-state index is 6.14. The summed E-state index contributed by atoms with van der Waals surface area (Å²) in [5.74, 6) is 0.839. The maximum Gasteiger partial charge on any atom is 0.191 e. The van der Waals surface area contributed by atoms with Crippen molar-refractivity contribution in [3.8, 4) is 0 Å². The number of aliphatic imine (C=N–C) groups is 1. The van der Waals surface area contributed by atoms with E-state index < -0.39 is 0 Å². The van der Waals surface area contributed by atoms with Gasteiger partial charge in [-0.05, 0) is 37.5 Å². The number of rotatable bonds is 6. The number of halogens is 1. The Balaban J connectivity index is 1.59. The van der Waals surface area contributed by atoms with Crippen LogP contribution in [0.15, 0.2) is 29.3 Å². The Kier molecular flexibility index (Phi) is 6.83. The largest absolute Gasteiger partial charge is 0.369 e. The standard InChI is InChI=1S/C21H31ClN6/c1-5-19-18(20(6-2)27(4)26-19)13-24-21(23-3)25-16-10-11-28(14-16)17-9-7-8-15(22)12-17/h7-9,12,16H,5-6,10-11,13-14H2,1-4H3,(H2,23,24,25). The fourth-order valence-corrected chi connectivity index (χ4v) is 4.12. The number of aromatic nitrogens is 2. The molecule has 1 aromatic carbocycles. The van der Waals surface area contributed by atoms with Crippen LogP contribution in [0.3, 0.4) is 0 Å². The highest BCUT2D eigenvalue weighted by Gasteiger charge is 2.24. The van der Waals surface area contributed by atoms with E-state index in [2.05, 4.69) is 45.5 Å². The molecule has 1 aliphatic rings. The lowest BCUT2D eigenvalue weighted by Gasteiger charge is -2.20. The number of nitrogens with zero attached hydrogens (tertiary/aromatic N) is 4. The quantitative estimate of drug-likeness (QED) is 0.575. The normalized spacial score (nSPS) is 17.2. The van der Waals surface area contributed by atoms with E-state index in [1.165, 1.54) is 16.9 Å². The second kappa shape index (κ2) is 9.32. The number of hydrogen-bond acceptors (Lipinski definition) is 3. The van der Waals surface area contributed by atoms with Crippen LogP contribution in [0.1, 0.15) is 37.2 Å². The fourth-order valence-electron chi connectivity index (χ4n) is 3.94. The number of aryl methyl sites for hydroxylation is 2. The van der Waals surface area contributed by atoms with Gasteiger partial charge in [0.15, 0.2) is 5.96 Å². The van der Waals surface area contributed by atoms with Gasteiger partial charge in [0, 0.05) is 61.7 Å². The van der Waals surface area contributed by atoms with E-state index in [0.29, 0.717) is 6.04 Å². The lowest BCUT2D eigenvalue weighted by atomic mass is 10.1. The zero-order valence-corrected chi connectivity index (χ0v) is 18.1. The van der Waals surface area contributed by atoms with Crippen LogP contribution in [0.5, 0.6) is 0 Å². The predicted molar refractivity (Wildman–Crippen MR) is 117 cm³/mol. The minimum Gasteiger partial charge on any atom is -0.369 e. The van der Waals surface area contributed by atoms with E-state index in [0.717, 1.165) is 55.6 Å². The predicted octanol–water partition coefficient (Wildman–Crippen LogP) is 3.14. The van der Waals surface area contributed by atoms with Gasteiger partial charge in [-0.2, -0.15) is 5.10 Å². The van der Waals surface area contributed by atoms with Gasteiger partial charge in [-0.3, -0.25) is 9.67 Å². The zero-order valence-electron chi connectivity index (χ0n) is 17.3. The molecule has 6 nitrogen and oxygen atoms in total. The monoisotopic (exact) mass is 402 g/mol. The Labute approximate surface area is 173 Å². The highest BCUT2D eigenvalue weighted by atomic mass is 35.5. The van der Waals surface area contributed by atoms with Crippen LogP contribution in [0.25, 0.3) is 0 Å². The van der Waals surface area contributed by atoms with Crippen molar-refractivity contribution in [2.75, 3.05) is 25.0 Å². The minimum atomic E-state index is 0.357. The van der Waals surface area contributed by atoms with Gasteiger partial charge in [-0.1, -0.05) is 31.5 Å². The molecule has 1 fully saturated rings. The smallest absolute Gasteiger partial charge is 0.191 e. The minimum absolute atomic E-state index is 0.357. The summed E-state index contributed by atoms with van der Waals surface area (Å²) in [6.07, 6.45) is 2.98. The van der Waals surface area contributed by atoms with Gasteiger partial charge in [0.25, 0.3) is 0 Å². The summed E-state index contributed by atoms with van der Waals surface area (Å²) in [4.78, 5) is 6.79. The van der Waals surface area contributed by atoms with Gasteiger partial charge in [0.1, 0.15) is 0 Å². The van der Waals surface area contributed by atoms with Crippen LogP contribution in [-0.4, -0.2) is 41.9 Å². The Hall–Kier alpha value is -2.21. The summed E-state index contributed by atoms with van der Waals surface area (Å²) in [5, 5.41) is 12.5. The first-order valence-electron chi connectivity index (χ1n) is 10.1. The van der Waals surface area contributed by atoms with E-state index in [1.807, 2.05) is 37.0 Å². The van der Waals surface area contributed by atoms with Gasteiger partial charge >= 0.3 is 0 Å². The average molecular weight is 403 g/mol. The number of nitrogens with one attached hydrogen (secondary N) is 2. The number of guanidine groups is 1. The van der Waals surface area contributed by atoms with Crippen molar-refractivity contribution in [1.82, 2.24) is 20.4 Å². The van der Waals surface area contributed by atoms with E-state index >= 15 is 0 Å². The van der Waals surface area contributed by atoms with E-state index in [9.17, 15) is 0 Å². The molecular formula is C21H31ClN6. The van der Waals surface area contributed by atoms with Gasteiger partial charge in [0.05, 0.1) is 5.69 Å². The molecule has 2 heterocycles. The van der Waals surface area contributed by atoms with Crippen molar-refractivity contribution >= 4 is 23.2 Å². The average Bonchev–Trinajstić information content (AvgIpc) is 3.28. The molecule has 2 N–H and O–H groups in total. The number of benzene rings is 1. The van der Waals surface area contributed by atoms with Gasteiger partial charge in [-0.25, -0.2) is 0 Å². The van der Waals surface area contributed by atoms with Gasteiger partial charge in [-0.15, -0.1) is 0 Å². The lowest BCUT2D eigenvalue weighted by Crippen LogP contribution is -2.44. The van der Waals surface area contributed by atoms with Crippen molar-refractivity contribution in [1.29, 1.82) is 0 Å². The molecule has 0 spiro atoms. The first-order valence-corrected chi connectivity index (χ1v) is 10.4. The second-order valence-electron chi connectivity index (χ2n) is 7.18. The molecule has 1 aliphatic heterocycles. The molecule has 1 aromatic heterocycles. The molecule has 0 saturated carbocycles. The lowest BCUT2D eigenvalue weighted by molar-refractivity contribution is 0.647. The molecule has 0 amide bonds. The molecule has 7 heteroatoms. The Morgan fingerprint density at radius 1 is 1.32 bits per heavy atom. The summed E-state index contributed by atoms with van der Waals surface area (Å²) in [5.41, 5.74) is 4.92. The first-order chi connectivity index (χ1) is 13.5. The Bertz CT molecular complexity index is 828. The van der Waals surface area contributed by atoms with Crippen LogP contribution in [-0.2, 0) is 26.4 Å². The van der Waals surface area contributed by atoms with Crippen LogP contribution in [0, 0.1) is 0 Å². The molecule has 2 aromatic rings. The highest BCUT2D eigenvalue weighted by Crippen LogP contribution is 2.23. The first kappa shape index (κ1) is 20.5. The second-order valence-corrected chi connectivity index (χ2v) is 7.62. The third-order valence-corrected chi connectivity index (χ3v) is 5.62. The van der Waals surface area contributed by atoms with Gasteiger partial charge in [0.2, 0.25) is 0 Å². The Morgan fingerprint density at radius 3 is 2.82 bits per heavy atom. The topological polar surface area (TPSA) is 57.5 Å². The Morgan fingerprint density at radius 2 is 2.14 bits per heavy atom. The van der Waals surface area contributed by atoms with E-state index in [4.69, 9.17) is 11.6 Å². The molecule has 0 radical (unpaired) electrons. The molecule has 1 saturated heterocycles. The summed E-state index contributed by atoms with van der Waals surface area (Å²) < 4.78 is 2.01. The maximum absolute atomic E-state index is 6.14. The summed E-state index contributed by atoms with van der Waals surface area (Å²) in [6, 6.07) is 8.41. The molecule has 1 unspecified atom stereocenters. The van der Waals surface area contributed by atoms with Gasteiger partial charge < -0.3 is 15.5 Å². The van der Waals surface area contributed by atoms with Crippen molar-refractivity contribution in [3.63, 3.8) is 0 Å². The van der Waals surface area contributed by atoms with Crippen molar-refractivity contribution in [3.05, 3.63) is 46.2 Å². The molecule has 0 bridgehead atoms. The van der Waals surface area contributed by atoms with Crippen LogP contribution in [0.4, 0.5) is 5.69 Å². The summed E-state index contributed by atoms with van der Waals surface area (Å²) >= 11 is 6.14. The number of hydrogen-bond donors (Lipinski definition) is 2. The fraction of sp³-hybridized carbons (Fsp3) is 0.524. The number of anilines is 1. The molecule has 28 heavy (non-hydrogen) atoms. The van der Waals surface area contributed by atoms with Crippen LogP contribution in [0.2, 0.25) is 5.02 Å². The molecular weight excluding hydrogens is 372 g/mol. The molecule has 1 atom stereocenters.